The third-order valence-electron chi connectivity index (χ3n) is 3.60. The Hall–Kier alpha value is -3.28. The summed E-state index contributed by atoms with van der Waals surface area (Å²) < 4.78 is 0. The van der Waals surface area contributed by atoms with E-state index in [2.05, 4.69) is 25.6 Å². The molecule has 0 atom stereocenters. The van der Waals surface area contributed by atoms with Crippen molar-refractivity contribution in [2.75, 3.05) is 10.6 Å². The zero-order valence-corrected chi connectivity index (χ0v) is 14.2. The van der Waals surface area contributed by atoms with Crippen molar-refractivity contribution in [2.45, 2.75) is 20.4 Å². The SMILES string of the molecule is Cc1ccc(NC(=O)c2cc(C)nc(NCc3ccncc3)n2)cc1. The first-order chi connectivity index (χ1) is 12.1. The molecule has 1 amide bonds. The standard InChI is InChI=1S/C19H19N5O/c1-13-3-5-16(6-4-13)23-18(25)17-11-14(2)22-19(24-17)21-12-15-7-9-20-10-8-15/h3-11H,12H2,1-2H3,(H,23,25)(H,21,22,24). The zero-order chi connectivity index (χ0) is 17.6. The van der Waals surface area contributed by atoms with Gasteiger partial charge in [0, 0.05) is 30.3 Å². The molecule has 25 heavy (non-hydrogen) atoms. The summed E-state index contributed by atoms with van der Waals surface area (Å²) in [5, 5.41) is 5.99. The van der Waals surface area contributed by atoms with Gasteiger partial charge in [0.05, 0.1) is 0 Å². The van der Waals surface area contributed by atoms with Crippen molar-refractivity contribution in [1.29, 1.82) is 0 Å². The van der Waals surface area contributed by atoms with Crippen LogP contribution in [-0.2, 0) is 6.54 Å². The van der Waals surface area contributed by atoms with Gasteiger partial charge in [0.2, 0.25) is 5.95 Å². The van der Waals surface area contributed by atoms with Crippen LogP contribution in [0.15, 0.2) is 54.9 Å². The number of pyridine rings is 1. The number of carbonyl (C=O) groups excluding carboxylic acids is 1. The maximum atomic E-state index is 12.4. The van der Waals surface area contributed by atoms with Crippen molar-refractivity contribution >= 4 is 17.5 Å². The van der Waals surface area contributed by atoms with Gasteiger partial charge in [0.25, 0.3) is 5.91 Å². The predicted molar refractivity (Wildman–Crippen MR) is 97.5 cm³/mol. The second kappa shape index (κ2) is 7.53. The molecule has 2 aromatic heterocycles. The van der Waals surface area contributed by atoms with Gasteiger partial charge in [-0.25, -0.2) is 9.97 Å². The van der Waals surface area contributed by atoms with E-state index in [0.29, 0.717) is 18.2 Å². The second-order valence-electron chi connectivity index (χ2n) is 5.75. The van der Waals surface area contributed by atoms with Crippen LogP contribution in [0.5, 0.6) is 0 Å². The molecule has 0 aliphatic heterocycles. The number of amides is 1. The van der Waals surface area contributed by atoms with Gasteiger partial charge in [-0.1, -0.05) is 17.7 Å². The number of aryl methyl sites for hydroxylation is 2. The summed E-state index contributed by atoms with van der Waals surface area (Å²) >= 11 is 0. The molecule has 0 saturated heterocycles. The smallest absolute Gasteiger partial charge is 0.274 e. The van der Waals surface area contributed by atoms with Crippen molar-refractivity contribution in [3.8, 4) is 0 Å². The lowest BCUT2D eigenvalue weighted by Crippen LogP contribution is -2.16. The Labute approximate surface area is 146 Å². The van der Waals surface area contributed by atoms with Gasteiger partial charge >= 0.3 is 0 Å². The van der Waals surface area contributed by atoms with Crippen LogP contribution in [0.1, 0.15) is 27.3 Å². The van der Waals surface area contributed by atoms with Crippen molar-refractivity contribution in [2.24, 2.45) is 0 Å². The lowest BCUT2D eigenvalue weighted by Gasteiger charge is -2.09. The van der Waals surface area contributed by atoms with Crippen molar-refractivity contribution < 1.29 is 4.79 Å². The van der Waals surface area contributed by atoms with E-state index in [1.54, 1.807) is 18.5 Å². The van der Waals surface area contributed by atoms with Gasteiger partial charge in [-0.3, -0.25) is 9.78 Å². The summed E-state index contributed by atoms with van der Waals surface area (Å²) in [5.74, 6) is 0.159. The quantitative estimate of drug-likeness (QED) is 0.748. The number of nitrogens with one attached hydrogen (secondary N) is 2. The number of carbonyl (C=O) groups is 1. The van der Waals surface area contributed by atoms with Crippen LogP contribution in [0.2, 0.25) is 0 Å². The Balaban J connectivity index is 1.72. The summed E-state index contributed by atoms with van der Waals surface area (Å²) in [6.45, 7) is 4.40. The Morgan fingerprint density at radius 1 is 1.00 bits per heavy atom. The largest absolute Gasteiger partial charge is 0.350 e. The monoisotopic (exact) mass is 333 g/mol. The number of anilines is 2. The summed E-state index contributed by atoms with van der Waals surface area (Å²) in [6.07, 6.45) is 3.46. The molecule has 0 aliphatic rings. The van der Waals surface area contributed by atoms with E-state index in [1.165, 1.54) is 0 Å². The first kappa shape index (κ1) is 16.6. The predicted octanol–water partition coefficient (Wildman–Crippen LogP) is 3.35. The highest BCUT2D eigenvalue weighted by Crippen LogP contribution is 2.12. The van der Waals surface area contributed by atoms with Gasteiger partial charge < -0.3 is 10.6 Å². The number of rotatable bonds is 5. The molecule has 2 N–H and O–H groups in total. The number of nitrogens with zero attached hydrogens (tertiary/aromatic N) is 3. The van der Waals surface area contributed by atoms with Crippen LogP contribution in [0, 0.1) is 13.8 Å². The first-order valence-corrected chi connectivity index (χ1v) is 7.96. The summed E-state index contributed by atoms with van der Waals surface area (Å²) in [7, 11) is 0. The van der Waals surface area contributed by atoms with Gasteiger partial charge in [0.1, 0.15) is 5.69 Å². The number of aromatic nitrogens is 3. The fraction of sp³-hybridized carbons (Fsp3) is 0.158. The molecule has 6 nitrogen and oxygen atoms in total. The van der Waals surface area contributed by atoms with Crippen LogP contribution in [0.4, 0.5) is 11.6 Å². The van der Waals surface area contributed by atoms with E-state index in [1.807, 2.05) is 50.2 Å². The molecule has 0 spiro atoms. The molecular formula is C19H19N5O. The Morgan fingerprint density at radius 3 is 2.44 bits per heavy atom. The molecule has 0 radical (unpaired) electrons. The highest BCUT2D eigenvalue weighted by Gasteiger charge is 2.11. The number of benzene rings is 1. The topological polar surface area (TPSA) is 79.8 Å². The zero-order valence-electron chi connectivity index (χ0n) is 14.2. The minimum absolute atomic E-state index is 0.263. The molecule has 0 bridgehead atoms. The molecule has 126 valence electrons. The first-order valence-electron chi connectivity index (χ1n) is 7.96. The van der Waals surface area contributed by atoms with E-state index in [4.69, 9.17) is 0 Å². The normalized spacial score (nSPS) is 10.3. The summed E-state index contributed by atoms with van der Waals surface area (Å²) in [4.78, 5) is 25.1. The molecule has 0 fully saturated rings. The van der Waals surface area contributed by atoms with Crippen LogP contribution >= 0.6 is 0 Å². The lowest BCUT2D eigenvalue weighted by atomic mass is 10.2. The molecule has 3 aromatic rings. The average Bonchev–Trinajstić information content (AvgIpc) is 2.62. The average molecular weight is 333 g/mol. The van der Waals surface area contributed by atoms with Crippen molar-refractivity contribution in [3.63, 3.8) is 0 Å². The molecule has 6 heteroatoms. The van der Waals surface area contributed by atoms with Crippen molar-refractivity contribution in [1.82, 2.24) is 15.0 Å². The van der Waals surface area contributed by atoms with E-state index >= 15 is 0 Å². The molecule has 2 heterocycles. The fourth-order valence-corrected chi connectivity index (χ4v) is 2.28. The van der Waals surface area contributed by atoms with Gasteiger partial charge in [-0.15, -0.1) is 0 Å². The van der Waals surface area contributed by atoms with E-state index in [9.17, 15) is 4.79 Å². The maximum absolute atomic E-state index is 12.4. The van der Waals surface area contributed by atoms with E-state index in [0.717, 1.165) is 22.5 Å². The lowest BCUT2D eigenvalue weighted by molar-refractivity contribution is 0.102. The van der Waals surface area contributed by atoms with Gasteiger partial charge in [-0.2, -0.15) is 0 Å². The highest BCUT2D eigenvalue weighted by molar-refractivity contribution is 6.03. The summed E-state index contributed by atoms with van der Waals surface area (Å²) in [6, 6.07) is 13.1. The molecule has 3 rings (SSSR count). The van der Waals surface area contributed by atoms with Crippen LogP contribution in [0.25, 0.3) is 0 Å². The Bertz CT molecular complexity index is 863. The molecule has 1 aromatic carbocycles. The van der Waals surface area contributed by atoms with Crippen LogP contribution in [0.3, 0.4) is 0 Å². The third kappa shape index (κ3) is 4.60. The van der Waals surface area contributed by atoms with E-state index in [-0.39, 0.29) is 5.91 Å². The maximum Gasteiger partial charge on any atom is 0.274 e. The second-order valence-corrected chi connectivity index (χ2v) is 5.75. The summed E-state index contributed by atoms with van der Waals surface area (Å²) in [5.41, 5.74) is 3.98. The minimum Gasteiger partial charge on any atom is -0.350 e. The minimum atomic E-state index is -0.263. The third-order valence-corrected chi connectivity index (χ3v) is 3.60. The molecule has 0 aliphatic carbocycles. The number of hydrogen-bond acceptors (Lipinski definition) is 5. The fourth-order valence-electron chi connectivity index (χ4n) is 2.28. The Morgan fingerprint density at radius 2 is 1.72 bits per heavy atom. The highest BCUT2D eigenvalue weighted by atomic mass is 16.1. The van der Waals surface area contributed by atoms with E-state index < -0.39 is 0 Å². The molecule has 0 unspecified atom stereocenters. The molecular weight excluding hydrogens is 314 g/mol. The van der Waals surface area contributed by atoms with Crippen LogP contribution < -0.4 is 10.6 Å². The number of hydrogen-bond donors (Lipinski definition) is 2. The van der Waals surface area contributed by atoms with Crippen LogP contribution in [-0.4, -0.2) is 20.9 Å². The van der Waals surface area contributed by atoms with Crippen molar-refractivity contribution in [3.05, 3.63) is 77.4 Å². The Kier molecular flexibility index (Phi) is 4.99. The van der Waals surface area contributed by atoms with Gasteiger partial charge in [-0.05, 0) is 49.7 Å². The molecule has 0 saturated carbocycles. The van der Waals surface area contributed by atoms with Gasteiger partial charge in [0.15, 0.2) is 0 Å².